The van der Waals surface area contributed by atoms with E-state index in [1.165, 1.54) is 30.3 Å². The Morgan fingerprint density at radius 1 is 1.04 bits per heavy atom. The number of carbonyl (C=O) groups is 1. The van der Waals surface area contributed by atoms with Crippen LogP contribution >= 0.6 is 0 Å². The molecule has 0 aliphatic carbocycles. The largest absolute Gasteiger partial charge is 0.504 e. The normalized spacial score (nSPS) is 9.43. The Labute approximate surface area is 132 Å². The van der Waals surface area contributed by atoms with Crippen molar-refractivity contribution in [2.24, 2.45) is 0 Å². The maximum atomic E-state index is 12.7. The summed E-state index contributed by atoms with van der Waals surface area (Å²) in [6.07, 6.45) is 0. The predicted molar refractivity (Wildman–Crippen MR) is 77.0 cm³/mol. The van der Waals surface area contributed by atoms with Gasteiger partial charge in [-0.15, -0.1) is 12.6 Å². The third-order valence-corrected chi connectivity index (χ3v) is 2.63. The topological polar surface area (TPSA) is 121 Å². The number of halogens is 1. The van der Waals surface area contributed by atoms with E-state index in [2.05, 4.69) is 5.32 Å². The highest BCUT2D eigenvalue weighted by Crippen LogP contribution is 2.27. The second kappa shape index (κ2) is 8.49. The van der Waals surface area contributed by atoms with E-state index in [0.717, 1.165) is 5.56 Å². The van der Waals surface area contributed by atoms with Gasteiger partial charge in [0.25, 0.3) is 5.91 Å². The average molecular weight is 341 g/mol. The van der Waals surface area contributed by atoms with Crippen LogP contribution in [-0.4, -0.2) is 28.7 Å². The van der Waals surface area contributed by atoms with Crippen molar-refractivity contribution < 1.29 is 32.0 Å². The molecule has 0 bridgehead atoms. The van der Waals surface area contributed by atoms with Crippen LogP contribution in [0.15, 0.2) is 42.5 Å². The van der Waals surface area contributed by atoms with Gasteiger partial charge in [-0.1, -0.05) is 18.2 Å². The maximum absolute atomic E-state index is 12.7. The molecular weight excluding hydrogens is 329 g/mol. The highest BCUT2D eigenvalue weighted by atomic mass is 32.2. The van der Waals surface area contributed by atoms with Crippen LogP contribution in [0.1, 0.15) is 15.9 Å². The first kappa shape index (κ1) is 18.1. The Bertz CT molecular complexity index is 783. The van der Waals surface area contributed by atoms with Crippen LogP contribution in [0.3, 0.4) is 0 Å². The molecule has 9 heteroatoms. The summed E-state index contributed by atoms with van der Waals surface area (Å²) in [5.41, 5.74) is 0.719. The molecule has 0 fully saturated rings. The molecule has 2 rings (SSSR count). The molecule has 0 radical (unpaired) electrons. The van der Waals surface area contributed by atoms with Crippen molar-refractivity contribution in [2.75, 3.05) is 0 Å². The molecule has 3 N–H and O–H groups in total. The second-order valence-electron chi connectivity index (χ2n) is 4.19. The first-order valence-electron chi connectivity index (χ1n) is 6.11. The van der Waals surface area contributed by atoms with Crippen LogP contribution in [0.2, 0.25) is 0 Å². The van der Waals surface area contributed by atoms with Gasteiger partial charge < -0.3 is 15.5 Å². The van der Waals surface area contributed by atoms with Gasteiger partial charge >= 0.3 is 10.6 Å². The van der Waals surface area contributed by atoms with Crippen molar-refractivity contribution in [3.05, 3.63) is 59.4 Å². The molecule has 122 valence electrons. The van der Waals surface area contributed by atoms with Crippen molar-refractivity contribution in [2.45, 2.75) is 6.54 Å². The standard InChI is InChI=1S/C14H12FNO3.O3S/c15-10-6-4-9(5-7-10)8-16-14(19)11-2-1-3-12(17)13(11)18;1-4(2)3/h1-7,17-18H,8H2,(H,16,19);. The highest BCUT2D eigenvalue weighted by molar-refractivity contribution is 7.59. The summed E-state index contributed by atoms with van der Waals surface area (Å²) in [6.45, 7) is 0.203. The predicted octanol–water partition coefficient (Wildman–Crippen LogP) is 1.16. The Balaban J connectivity index is 0.000000593. The van der Waals surface area contributed by atoms with E-state index < -0.39 is 22.3 Å². The minimum absolute atomic E-state index is 0.0119. The summed E-state index contributed by atoms with van der Waals surface area (Å²) in [5, 5.41) is 21.4. The number of phenols is 2. The minimum atomic E-state index is -3.11. The van der Waals surface area contributed by atoms with E-state index >= 15 is 0 Å². The van der Waals surface area contributed by atoms with Gasteiger partial charge in [-0.2, -0.15) is 0 Å². The number of nitrogens with one attached hydrogen (secondary N) is 1. The Hall–Kier alpha value is -2.94. The third kappa shape index (κ3) is 6.14. The third-order valence-electron chi connectivity index (χ3n) is 2.63. The monoisotopic (exact) mass is 341 g/mol. The molecule has 1 amide bonds. The molecule has 2 aromatic rings. The quantitative estimate of drug-likeness (QED) is 0.721. The van der Waals surface area contributed by atoms with Crippen molar-refractivity contribution in [1.29, 1.82) is 0 Å². The van der Waals surface area contributed by atoms with E-state index in [-0.39, 0.29) is 23.7 Å². The number of hydrogen-bond donors (Lipinski definition) is 3. The van der Waals surface area contributed by atoms with Gasteiger partial charge in [0.05, 0.1) is 5.56 Å². The Morgan fingerprint density at radius 2 is 1.61 bits per heavy atom. The van der Waals surface area contributed by atoms with Gasteiger partial charge in [-0.3, -0.25) is 4.79 Å². The lowest BCUT2D eigenvalue weighted by atomic mass is 10.1. The Kier molecular flexibility index (Phi) is 6.68. The highest BCUT2D eigenvalue weighted by Gasteiger charge is 2.13. The second-order valence-corrected chi connectivity index (χ2v) is 4.59. The van der Waals surface area contributed by atoms with Crippen LogP contribution in [0, 0.1) is 5.82 Å². The lowest BCUT2D eigenvalue weighted by molar-refractivity contribution is 0.0947. The van der Waals surface area contributed by atoms with E-state index in [9.17, 15) is 19.4 Å². The number of amides is 1. The number of para-hydroxylation sites is 1. The molecule has 0 aliphatic rings. The lowest BCUT2D eigenvalue weighted by Crippen LogP contribution is -2.22. The molecule has 0 heterocycles. The summed E-state index contributed by atoms with van der Waals surface area (Å²) in [6, 6.07) is 9.85. The number of carbonyl (C=O) groups excluding carboxylic acids is 1. The lowest BCUT2D eigenvalue weighted by Gasteiger charge is -2.07. The molecule has 0 aliphatic heterocycles. The van der Waals surface area contributed by atoms with Crippen LogP contribution in [-0.2, 0) is 17.2 Å². The zero-order valence-electron chi connectivity index (χ0n) is 11.6. The van der Waals surface area contributed by atoms with Crippen molar-refractivity contribution >= 4 is 16.5 Å². The molecule has 0 aromatic heterocycles. The van der Waals surface area contributed by atoms with Gasteiger partial charge in [-0.05, 0) is 29.8 Å². The Morgan fingerprint density at radius 3 is 2.17 bits per heavy atom. The van der Waals surface area contributed by atoms with Crippen molar-refractivity contribution in [3.63, 3.8) is 0 Å². The fourth-order valence-corrected chi connectivity index (χ4v) is 1.59. The smallest absolute Gasteiger partial charge is 0.425 e. The molecule has 7 nitrogen and oxygen atoms in total. The van der Waals surface area contributed by atoms with Crippen LogP contribution in [0.25, 0.3) is 0 Å². The zero-order valence-corrected chi connectivity index (χ0v) is 12.4. The molecule has 0 unspecified atom stereocenters. The first-order chi connectivity index (χ1) is 10.8. The van der Waals surface area contributed by atoms with Crippen LogP contribution < -0.4 is 5.32 Å². The minimum Gasteiger partial charge on any atom is -0.504 e. The van der Waals surface area contributed by atoms with Gasteiger partial charge in [0.1, 0.15) is 5.82 Å². The number of benzene rings is 2. The molecule has 0 saturated carbocycles. The van der Waals surface area contributed by atoms with Crippen LogP contribution in [0.5, 0.6) is 11.5 Å². The number of phenolic OH excluding ortho intramolecular Hbond substituents is 2. The van der Waals surface area contributed by atoms with Gasteiger partial charge in [0, 0.05) is 6.54 Å². The van der Waals surface area contributed by atoms with Gasteiger partial charge in [0.2, 0.25) is 0 Å². The SMILES string of the molecule is O=C(NCc1ccc(F)cc1)c1cccc(O)c1O.O=S(=O)=O. The molecule has 0 spiro atoms. The molecule has 23 heavy (non-hydrogen) atoms. The summed E-state index contributed by atoms with van der Waals surface area (Å²) >= 11 is 0. The molecule has 0 saturated heterocycles. The maximum Gasteiger partial charge on any atom is 0.425 e. The fourth-order valence-electron chi connectivity index (χ4n) is 1.59. The fraction of sp³-hybridized carbons (Fsp3) is 0.0714. The molecular formula is C14H12FNO6S. The van der Waals surface area contributed by atoms with E-state index in [1.54, 1.807) is 12.1 Å². The van der Waals surface area contributed by atoms with Crippen molar-refractivity contribution in [1.82, 2.24) is 5.32 Å². The zero-order chi connectivity index (χ0) is 17.4. The van der Waals surface area contributed by atoms with E-state index in [4.69, 9.17) is 12.6 Å². The van der Waals surface area contributed by atoms with Gasteiger partial charge in [0.15, 0.2) is 11.5 Å². The molecule has 0 atom stereocenters. The van der Waals surface area contributed by atoms with Crippen molar-refractivity contribution in [3.8, 4) is 11.5 Å². The summed E-state index contributed by atoms with van der Waals surface area (Å²) < 4.78 is 38.0. The van der Waals surface area contributed by atoms with Crippen LogP contribution in [0.4, 0.5) is 4.39 Å². The number of hydrogen-bond acceptors (Lipinski definition) is 6. The number of rotatable bonds is 3. The first-order valence-corrected chi connectivity index (χ1v) is 7.11. The average Bonchev–Trinajstić information content (AvgIpc) is 2.48. The summed E-state index contributed by atoms with van der Waals surface area (Å²) in [4.78, 5) is 11.8. The summed E-state index contributed by atoms with van der Waals surface area (Å²) in [7, 11) is -3.11. The van der Waals surface area contributed by atoms with E-state index in [0.29, 0.717) is 0 Å². The number of aromatic hydroxyl groups is 2. The summed E-state index contributed by atoms with van der Waals surface area (Å²) in [5.74, 6) is -1.67. The van der Waals surface area contributed by atoms with E-state index in [1.807, 2.05) is 0 Å². The molecule has 2 aromatic carbocycles. The van der Waals surface area contributed by atoms with Gasteiger partial charge in [-0.25, -0.2) is 4.39 Å².